The van der Waals surface area contributed by atoms with E-state index in [0.717, 1.165) is 32.4 Å². The Hall–Kier alpha value is -0.870. The number of aromatic nitrogens is 2. The molecule has 2 unspecified atom stereocenters. The number of hydrogen-bond acceptors (Lipinski definition) is 3. The predicted octanol–water partition coefficient (Wildman–Crippen LogP) is 2.29. The predicted molar refractivity (Wildman–Crippen MR) is 77.2 cm³/mol. The molecule has 1 N–H and O–H groups in total. The van der Waals surface area contributed by atoms with Crippen LogP contribution in [0.4, 0.5) is 0 Å². The maximum Gasteiger partial charge on any atom is 0.108 e. The lowest BCUT2D eigenvalue weighted by Crippen LogP contribution is -2.35. The lowest BCUT2D eigenvalue weighted by Gasteiger charge is -2.27. The van der Waals surface area contributed by atoms with Gasteiger partial charge in [-0.15, -0.1) is 0 Å². The molecular formula is C15H27N3O. The summed E-state index contributed by atoms with van der Waals surface area (Å²) < 4.78 is 7.97. The number of ether oxygens (including phenoxy) is 1. The molecule has 19 heavy (non-hydrogen) atoms. The summed E-state index contributed by atoms with van der Waals surface area (Å²) in [5, 5.41) is 3.59. The van der Waals surface area contributed by atoms with Crippen molar-refractivity contribution in [3.05, 3.63) is 18.2 Å². The maximum atomic E-state index is 5.85. The molecular weight excluding hydrogens is 238 g/mol. The van der Waals surface area contributed by atoms with Gasteiger partial charge < -0.3 is 14.6 Å². The van der Waals surface area contributed by atoms with Crippen LogP contribution in [-0.2, 0) is 18.2 Å². The minimum absolute atomic E-state index is 0.458. The second kappa shape index (κ2) is 7.65. The van der Waals surface area contributed by atoms with Crippen molar-refractivity contribution >= 4 is 0 Å². The molecule has 1 fully saturated rings. The zero-order chi connectivity index (χ0) is 13.5. The largest absolute Gasteiger partial charge is 0.378 e. The highest BCUT2D eigenvalue weighted by Crippen LogP contribution is 2.19. The summed E-state index contributed by atoms with van der Waals surface area (Å²) in [5.41, 5.74) is 0. The average Bonchev–Trinajstić information content (AvgIpc) is 2.83. The third kappa shape index (κ3) is 4.62. The second-order valence-corrected chi connectivity index (χ2v) is 5.47. The molecule has 0 amide bonds. The smallest absolute Gasteiger partial charge is 0.108 e. The standard InChI is InChI=1S/C15H27N3O/c1-3-16-13(12-14-6-4-5-11-19-14)7-8-15-17-9-10-18(15)2/h9-10,13-14,16H,3-8,11-12H2,1-2H3. The Balaban J connectivity index is 1.79. The lowest BCUT2D eigenvalue weighted by molar-refractivity contribution is 0.00480. The SMILES string of the molecule is CCNC(CCc1nccn1C)CC1CCCCO1. The highest BCUT2D eigenvalue weighted by atomic mass is 16.5. The van der Waals surface area contributed by atoms with Gasteiger partial charge in [-0.1, -0.05) is 6.92 Å². The summed E-state index contributed by atoms with van der Waals surface area (Å²) in [5.74, 6) is 1.17. The van der Waals surface area contributed by atoms with Crippen LogP contribution in [0.25, 0.3) is 0 Å². The van der Waals surface area contributed by atoms with Gasteiger partial charge in [0.15, 0.2) is 0 Å². The molecule has 0 aromatic carbocycles. The molecule has 0 aliphatic carbocycles. The van der Waals surface area contributed by atoms with Gasteiger partial charge in [0.1, 0.15) is 5.82 Å². The Morgan fingerprint density at radius 3 is 3.05 bits per heavy atom. The first-order valence-corrected chi connectivity index (χ1v) is 7.60. The van der Waals surface area contributed by atoms with Crippen LogP contribution < -0.4 is 5.32 Å². The van der Waals surface area contributed by atoms with E-state index in [-0.39, 0.29) is 0 Å². The number of imidazole rings is 1. The van der Waals surface area contributed by atoms with E-state index in [1.165, 1.54) is 25.1 Å². The first-order valence-electron chi connectivity index (χ1n) is 7.60. The number of rotatable bonds is 7. The van der Waals surface area contributed by atoms with Crippen LogP contribution >= 0.6 is 0 Å². The number of aryl methyl sites for hydroxylation is 2. The highest BCUT2D eigenvalue weighted by Gasteiger charge is 2.19. The van der Waals surface area contributed by atoms with E-state index in [0.29, 0.717) is 12.1 Å². The van der Waals surface area contributed by atoms with E-state index in [9.17, 15) is 0 Å². The minimum atomic E-state index is 0.458. The molecule has 2 heterocycles. The summed E-state index contributed by atoms with van der Waals surface area (Å²) in [6.45, 7) is 4.15. The van der Waals surface area contributed by atoms with Gasteiger partial charge in [0.05, 0.1) is 6.10 Å². The molecule has 1 saturated heterocycles. The number of nitrogens with one attached hydrogen (secondary N) is 1. The van der Waals surface area contributed by atoms with Gasteiger partial charge in [0, 0.05) is 38.5 Å². The molecule has 0 bridgehead atoms. The van der Waals surface area contributed by atoms with E-state index >= 15 is 0 Å². The van der Waals surface area contributed by atoms with Crippen molar-refractivity contribution in [2.75, 3.05) is 13.2 Å². The zero-order valence-corrected chi connectivity index (χ0v) is 12.3. The normalized spacial score (nSPS) is 21.5. The van der Waals surface area contributed by atoms with Crippen molar-refractivity contribution in [3.63, 3.8) is 0 Å². The zero-order valence-electron chi connectivity index (χ0n) is 12.3. The molecule has 1 aromatic rings. The molecule has 0 spiro atoms. The van der Waals surface area contributed by atoms with E-state index < -0.39 is 0 Å². The monoisotopic (exact) mass is 265 g/mol. The fraction of sp³-hybridized carbons (Fsp3) is 0.800. The van der Waals surface area contributed by atoms with Gasteiger partial charge in [-0.3, -0.25) is 0 Å². The van der Waals surface area contributed by atoms with Crippen molar-refractivity contribution in [1.29, 1.82) is 0 Å². The van der Waals surface area contributed by atoms with Gasteiger partial charge in [-0.2, -0.15) is 0 Å². The van der Waals surface area contributed by atoms with Crippen LogP contribution in [0.1, 0.15) is 44.9 Å². The van der Waals surface area contributed by atoms with Crippen molar-refractivity contribution in [2.45, 2.75) is 57.6 Å². The van der Waals surface area contributed by atoms with E-state index in [1.54, 1.807) is 0 Å². The topological polar surface area (TPSA) is 39.1 Å². The fourth-order valence-electron chi connectivity index (χ4n) is 2.84. The number of hydrogen-bond donors (Lipinski definition) is 1. The third-order valence-corrected chi connectivity index (χ3v) is 3.95. The fourth-order valence-corrected chi connectivity index (χ4v) is 2.84. The summed E-state index contributed by atoms with van der Waals surface area (Å²) >= 11 is 0. The third-order valence-electron chi connectivity index (χ3n) is 3.95. The Labute approximate surface area is 116 Å². The molecule has 0 radical (unpaired) electrons. The quantitative estimate of drug-likeness (QED) is 0.822. The Bertz CT molecular complexity index is 358. The van der Waals surface area contributed by atoms with Crippen molar-refractivity contribution in [2.24, 2.45) is 7.05 Å². The molecule has 108 valence electrons. The van der Waals surface area contributed by atoms with Gasteiger partial charge in [-0.25, -0.2) is 4.98 Å². The molecule has 2 rings (SSSR count). The minimum Gasteiger partial charge on any atom is -0.378 e. The molecule has 4 nitrogen and oxygen atoms in total. The first-order chi connectivity index (χ1) is 9.29. The average molecular weight is 265 g/mol. The summed E-state index contributed by atoms with van der Waals surface area (Å²) in [6, 6.07) is 0.546. The first kappa shape index (κ1) is 14.5. The van der Waals surface area contributed by atoms with Crippen LogP contribution in [0.3, 0.4) is 0 Å². The molecule has 1 aliphatic heterocycles. The van der Waals surface area contributed by atoms with Crippen LogP contribution in [0, 0.1) is 0 Å². The van der Waals surface area contributed by atoms with E-state index in [4.69, 9.17) is 4.74 Å². The van der Waals surface area contributed by atoms with Crippen LogP contribution in [-0.4, -0.2) is 34.8 Å². The van der Waals surface area contributed by atoms with Gasteiger partial charge >= 0.3 is 0 Å². The molecule has 0 saturated carbocycles. The van der Waals surface area contributed by atoms with E-state index in [2.05, 4.69) is 28.8 Å². The summed E-state index contributed by atoms with van der Waals surface area (Å²) in [4.78, 5) is 4.40. The van der Waals surface area contributed by atoms with Crippen LogP contribution in [0.2, 0.25) is 0 Å². The molecule has 4 heteroatoms. The van der Waals surface area contributed by atoms with Crippen LogP contribution in [0.5, 0.6) is 0 Å². The molecule has 2 atom stereocenters. The van der Waals surface area contributed by atoms with Crippen molar-refractivity contribution in [1.82, 2.24) is 14.9 Å². The lowest BCUT2D eigenvalue weighted by atomic mass is 9.98. The number of nitrogens with zero attached hydrogens (tertiary/aromatic N) is 2. The molecule has 1 aromatic heterocycles. The van der Waals surface area contributed by atoms with Gasteiger partial charge in [-0.05, 0) is 38.6 Å². The highest BCUT2D eigenvalue weighted by molar-refractivity contribution is 4.92. The van der Waals surface area contributed by atoms with Crippen molar-refractivity contribution in [3.8, 4) is 0 Å². The molecule has 1 aliphatic rings. The van der Waals surface area contributed by atoms with E-state index in [1.807, 2.05) is 12.4 Å². The summed E-state index contributed by atoms with van der Waals surface area (Å²) in [7, 11) is 2.06. The summed E-state index contributed by atoms with van der Waals surface area (Å²) in [6.07, 6.45) is 11.4. The Morgan fingerprint density at radius 1 is 1.53 bits per heavy atom. The van der Waals surface area contributed by atoms with Crippen molar-refractivity contribution < 1.29 is 4.74 Å². The maximum absolute atomic E-state index is 5.85. The van der Waals surface area contributed by atoms with Gasteiger partial charge in [0.2, 0.25) is 0 Å². The Kier molecular flexibility index (Phi) is 5.86. The second-order valence-electron chi connectivity index (χ2n) is 5.47. The van der Waals surface area contributed by atoms with Gasteiger partial charge in [0.25, 0.3) is 0 Å². The Morgan fingerprint density at radius 2 is 2.42 bits per heavy atom. The van der Waals surface area contributed by atoms with Crippen LogP contribution in [0.15, 0.2) is 12.4 Å².